The summed E-state index contributed by atoms with van der Waals surface area (Å²) in [6.07, 6.45) is 6.78. The van der Waals surface area contributed by atoms with Crippen molar-refractivity contribution in [3.05, 3.63) is 21.9 Å². The van der Waals surface area contributed by atoms with Gasteiger partial charge in [-0.05, 0) is 55.5 Å². The molecule has 1 aromatic heterocycles. The molecule has 0 amide bonds. The van der Waals surface area contributed by atoms with Gasteiger partial charge in [-0.1, -0.05) is 13.3 Å². The van der Waals surface area contributed by atoms with Gasteiger partial charge < -0.3 is 5.32 Å². The van der Waals surface area contributed by atoms with Crippen molar-refractivity contribution in [3.63, 3.8) is 0 Å². The highest BCUT2D eigenvalue weighted by Gasteiger charge is 2.29. The quantitative estimate of drug-likeness (QED) is 0.761. The Hall–Kier alpha value is -0.340. The van der Waals surface area contributed by atoms with Crippen LogP contribution in [0, 0.1) is 12.8 Å². The summed E-state index contributed by atoms with van der Waals surface area (Å²) in [4.78, 5) is 1.55. The zero-order chi connectivity index (χ0) is 11.4. The largest absolute Gasteiger partial charge is 0.313 e. The average molecular weight is 237 g/mol. The smallest absolute Gasteiger partial charge is 0.00953 e. The summed E-state index contributed by atoms with van der Waals surface area (Å²) in [5.74, 6) is 0.990. The number of aryl methyl sites for hydroxylation is 1. The highest BCUT2D eigenvalue weighted by atomic mass is 32.1. The molecule has 1 atom stereocenters. The van der Waals surface area contributed by atoms with Gasteiger partial charge in [-0.25, -0.2) is 0 Å². The topological polar surface area (TPSA) is 12.0 Å². The average Bonchev–Trinajstić information content (AvgIpc) is 3.03. The monoisotopic (exact) mass is 237 g/mol. The maximum absolute atomic E-state index is 3.75. The zero-order valence-electron chi connectivity index (χ0n) is 10.5. The van der Waals surface area contributed by atoms with Crippen LogP contribution in [0.5, 0.6) is 0 Å². The SMILES string of the molecule is CCCC(NCCc1sccc1C)C1CC1. The van der Waals surface area contributed by atoms with Crippen molar-refractivity contribution in [2.75, 3.05) is 6.54 Å². The first-order valence-corrected chi connectivity index (χ1v) is 7.45. The fourth-order valence-electron chi connectivity index (χ4n) is 2.35. The molecule has 0 spiro atoms. The lowest BCUT2D eigenvalue weighted by Gasteiger charge is -2.17. The van der Waals surface area contributed by atoms with Gasteiger partial charge in [0.1, 0.15) is 0 Å². The Balaban J connectivity index is 1.71. The summed E-state index contributed by atoms with van der Waals surface area (Å²) >= 11 is 1.90. The van der Waals surface area contributed by atoms with Crippen molar-refractivity contribution in [2.45, 2.75) is 52.0 Å². The number of rotatable bonds is 7. The van der Waals surface area contributed by atoms with E-state index in [9.17, 15) is 0 Å². The van der Waals surface area contributed by atoms with Gasteiger partial charge >= 0.3 is 0 Å². The Morgan fingerprint density at radius 1 is 1.50 bits per heavy atom. The van der Waals surface area contributed by atoms with E-state index in [1.54, 1.807) is 4.88 Å². The Morgan fingerprint density at radius 2 is 2.31 bits per heavy atom. The third-order valence-corrected chi connectivity index (χ3v) is 4.60. The summed E-state index contributed by atoms with van der Waals surface area (Å²) in [7, 11) is 0. The fraction of sp³-hybridized carbons (Fsp3) is 0.714. The van der Waals surface area contributed by atoms with Gasteiger partial charge in [-0.15, -0.1) is 11.3 Å². The molecule has 1 unspecified atom stereocenters. The first-order chi connectivity index (χ1) is 7.81. The number of thiophene rings is 1. The van der Waals surface area contributed by atoms with E-state index >= 15 is 0 Å². The van der Waals surface area contributed by atoms with Crippen LogP contribution in [0.15, 0.2) is 11.4 Å². The molecule has 1 N–H and O–H groups in total. The molecule has 1 aliphatic carbocycles. The number of hydrogen-bond donors (Lipinski definition) is 1. The molecule has 1 nitrogen and oxygen atoms in total. The third kappa shape index (κ3) is 3.33. The van der Waals surface area contributed by atoms with E-state index in [1.807, 2.05) is 11.3 Å². The van der Waals surface area contributed by atoms with Crippen molar-refractivity contribution in [1.29, 1.82) is 0 Å². The Bertz CT molecular complexity index is 314. The second kappa shape index (κ2) is 5.83. The molecule has 1 heterocycles. The van der Waals surface area contributed by atoms with Crippen molar-refractivity contribution < 1.29 is 0 Å². The maximum atomic E-state index is 3.75. The van der Waals surface area contributed by atoms with E-state index in [-0.39, 0.29) is 0 Å². The van der Waals surface area contributed by atoms with E-state index in [4.69, 9.17) is 0 Å². The molecule has 1 aliphatic rings. The molecular formula is C14H23NS. The van der Waals surface area contributed by atoms with E-state index < -0.39 is 0 Å². The molecule has 2 rings (SSSR count). The molecule has 2 heteroatoms. The van der Waals surface area contributed by atoms with Crippen molar-refractivity contribution in [1.82, 2.24) is 5.32 Å². The van der Waals surface area contributed by atoms with Crippen LogP contribution in [0.4, 0.5) is 0 Å². The van der Waals surface area contributed by atoms with Crippen LogP contribution < -0.4 is 5.32 Å². The summed E-state index contributed by atoms with van der Waals surface area (Å²) in [6.45, 7) is 5.67. The van der Waals surface area contributed by atoms with Crippen molar-refractivity contribution in [2.24, 2.45) is 5.92 Å². The Morgan fingerprint density at radius 3 is 2.88 bits per heavy atom. The van der Waals surface area contributed by atoms with Crippen molar-refractivity contribution in [3.8, 4) is 0 Å². The first kappa shape index (κ1) is 12.1. The lowest BCUT2D eigenvalue weighted by molar-refractivity contribution is 0.434. The van der Waals surface area contributed by atoms with Crippen LogP contribution in [0.2, 0.25) is 0 Å². The minimum absolute atomic E-state index is 0.797. The van der Waals surface area contributed by atoms with Crippen LogP contribution in [0.3, 0.4) is 0 Å². The van der Waals surface area contributed by atoms with Crippen LogP contribution in [0.25, 0.3) is 0 Å². The Kier molecular flexibility index (Phi) is 4.42. The molecule has 1 fully saturated rings. The molecule has 0 bridgehead atoms. The summed E-state index contributed by atoms with van der Waals surface area (Å²) in [6, 6.07) is 3.02. The standard InChI is InChI=1S/C14H23NS/c1-3-4-13(12-5-6-12)15-9-7-14-11(2)8-10-16-14/h8,10,12-13,15H,3-7,9H2,1-2H3. The van der Waals surface area contributed by atoms with E-state index in [0.29, 0.717) is 0 Å². The van der Waals surface area contributed by atoms with Gasteiger partial charge in [0.15, 0.2) is 0 Å². The molecule has 1 aromatic rings. The summed E-state index contributed by atoms with van der Waals surface area (Å²) in [5, 5.41) is 5.96. The minimum Gasteiger partial charge on any atom is -0.313 e. The predicted molar refractivity (Wildman–Crippen MR) is 72.2 cm³/mol. The molecule has 0 aromatic carbocycles. The summed E-state index contributed by atoms with van der Waals surface area (Å²) in [5.41, 5.74) is 1.46. The molecule has 0 saturated heterocycles. The van der Waals surface area contributed by atoms with Gasteiger partial charge in [-0.2, -0.15) is 0 Å². The summed E-state index contributed by atoms with van der Waals surface area (Å²) < 4.78 is 0. The van der Waals surface area contributed by atoms with Gasteiger partial charge in [0, 0.05) is 17.5 Å². The van der Waals surface area contributed by atoms with Gasteiger partial charge in [0.25, 0.3) is 0 Å². The lowest BCUT2D eigenvalue weighted by Crippen LogP contribution is -2.32. The first-order valence-electron chi connectivity index (χ1n) is 6.57. The Labute approximate surface area is 103 Å². The molecule has 90 valence electrons. The van der Waals surface area contributed by atoms with Crippen LogP contribution in [0.1, 0.15) is 43.0 Å². The van der Waals surface area contributed by atoms with E-state index in [2.05, 4.69) is 30.6 Å². The van der Waals surface area contributed by atoms with Crippen LogP contribution in [-0.4, -0.2) is 12.6 Å². The van der Waals surface area contributed by atoms with Gasteiger partial charge in [0.2, 0.25) is 0 Å². The minimum atomic E-state index is 0.797. The molecular weight excluding hydrogens is 214 g/mol. The lowest BCUT2D eigenvalue weighted by atomic mass is 10.1. The molecule has 16 heavy (non-hydrogen) atoms. The van der Waals surface area contributed by atoms with Gasteiger partial charge in [-0.3, -0.25) is 0 Å². The second-order valence-electron chi connectivity index (χ2n) is 4.96. The zero-order valence-corrected chi connectivity index (χ0v) is 11.3. The number of nitrogens with one attached hydrogen (secondary N) is 1. The van der Waals surface area contributed by atoms with Crippen molar-refractivity contribution >= 4 is 11.3 Å². The number of hydrogen-bond acceptors (Lipinski definition) is 2. The van der Waals surface area contributed by atoms with Gasteiger partial charge in [0.05, 0.1) is 0 Å². The molecule has 0 radical (unpaired) electrons. The second-order valence-corrected chi connectivity index (χ2v) is 5.96. The normalized spacial score (nSPS) is 17.6. The molecule has 1 saturated carbocycles. The predicted octanol–water partition coefficient (Wildman–Crippen LogP) is 3.77. The highest BCUT2D eigenvalue weighted by Crippen LogP contribution is 2.34. The van der Waals surface area contributed by atoms with E-state index in [0.717, 1.165) is 18.5 Å². The maximum Gasteiger partial charge on any atom is 0.00953 e. The third-order valence-electron chi connectivity index (χ3n) is 3.52. The highest BCUT2D eigenvalue weighted by molar-refractivity contribution is 7.10. The fourth-order valence-corrected chi connectivity index (χ4v) is 3.26. The van der Waals surface area contributed by atoms with E-state index in [1.165, 1.54) is 37.7 Å². The van der Waals surface area contributed by atoms with Crippen LogP contribution in [-0.2, 0) is 6.42 Å². The van der Waals surface area contributed by atoms with Crippen LogP contribution >= 0.6 is 11.3 Å². The molecule has 0 aliphatic heterocycles.